The van der Waals surface area contributed by atoms with Crippen molar-refractivity contribution in [3.8, 4) is 11.5 Å². The van der Waals surface area contributed by atoms with E-state index >= 15 is 0 Å². The van der Waals surface area contributed by atoms with Crippen molar-refractivity contribution in [2.24, 2.45) is 0 Å². The van der Waals surface area contributed by atoms with Crippen molar-refractivity contribution < 1.29 is 9.47 Å². The first kappa shape index (κ1) is 15.3. The van der Waals surface area contributed by atoms with E-state index in [-0.39, 0.29) is 0 Å². The van der Waals surface area contributed by atoms with Gasteiger partial charge in [0.1, 0.15) is 6.61 Å². The number of benzene rings is 1. The largest absolute Gasteiger partial charge is 0.490 e. The standard InChI is InChI=1S/C17H22N2O2/c1-2-12-20-16-8-3-4-9-17(16)21-13-11-18-14-15-7-5-6-10-19-15/h3-10,18H,2,11-14H2,1H3. The molecule has 0 radical (unpaired) electrons. The average Bonchev–Trinajstić information content (AvgIpc) is 2.54. The number of aromatic nitrogens is 1. The normalized spacial score (nSPS) is 10.3. The molecule has 1 N–H and O–H groups in total. The third-order valence-corrected chi connectivity index (χ3v) is 2.88. The second kappa shape index (κ2) is 8.97. The van der Waals surface area contributed by atoms with E-state index in [2.05, 4.69) is 17.2 Å². The van der Waals surface area contributed by atoms with Gasteiger partial charge in [-0.25, -0.2) is 0 Å². The molecule has 0 unspecified atom stereocenters. The van der Waals surface area contributed by atoms with Gasteiger partial charge in [0.15, 0.2) is 11.5 Å². The summed E-state index contributed by atoms with van der Waals surface area (Å²) in [6.45, 7) is 4.90. The van der Waals surface area contributed by atoms with Crippen LogP contribution in [0.15, 0.2) is 48.7 Å². The fourth-order valence-corrected chi connectivity index (χ4v) is 1.85. The molecule has 0 atom stereocenters. The molecule has 21 heavy (non-hydrogen) atoms. The van der Waals surface area contributed by atoms with Crippen molar-refractivity contribution in [1.29, 1.82) is 0 Å². The van der Waals surface area contributed by atoms with Crippen LogP contribution in [0.5, 0.6) is 11.5 Å². The zero-order valence-corrected chi connectivity index (χ0v) is 12.4. The molecule has 0 fully saturated rings. The smallest absolute Gasteiger partial charge is 0.161 e. The second-order valence-electron chi connectivity index (χ2n) is 4.64. The number of ether oxygens (including phenoxy) is 2. The molecule has 1 aromatic carbocycles. The second-order valence-corrected chi connectivity index (χ2v) is 4.64. The molecule has 2 aromatic rings. The fraction of sp³-hybridized carbons (Fsp3) is 0.353. The molecule has 4 heteroatoms. The molecule has 1 aromatic heterocycles. The summed E-state index contributed by atoms with van der Waals surface area (Å²) in [6, 6.07) is 13.7. The third kappa shape index (κ3) is 5.44. The number of hydrogen-bond donors (Lipinski definition) is 1. The van der Waals surface area contributed by atoms with E-state index in [0.717, 1.165) is 36.7 Å². The quantitative estimate of drug-likeness (QED) is 0.720. The highest BCUT2D eigenvalue weighted by molar-refractivity contribution is 5.39. The van der Waals surface area contributed by atoms with Crippen LogP contribution in [0.1, 0.15) is 19.0 Å². The Labute approximate surface area is 126 Å². The van der Waals surface area contributed by atoms with Gasteiger partial charge in [-0.3, -0.25) is 4.98 Å². The summed E-state index contributed by atoms with van der Waals surface area (Å²) >= 11 is 0. The minimum atomic E-state index is 0.597. The molecule has 0 saturated carbocycles. The lowest BCUT2D eigenvalue weighted by Gasteiger charge is -2.12. The predicted octanol–water partition coefficient (Wildman–Crippen LogP) is 3.04. The Balaban J connectivity index is 1.71. The Bertz CT molecular complexity index is 517. The molecule has 0 spiro atoms. The molecule has 0 amide bonds. The van der Waals surface area contributed by atoms with Crippen molar-refractivity contribution in [3.63, 3.8) is 0 Å². The Morgan fingerprint density at radius 1 is 0.952 bits per heavy atom. The molecule has 112 valence electrons. The van der Waals surface area contributed by atoms with Crippen LogP contribution in [0.25, 0.3) is 0 Å². The topological polar surface area (TPSA) is 43.4 Å². The molecular weight excluding hydrogens is 264 g/mol. The summed E-state index contributed by atoms with van der Waals surface area (Å²) in [6.07, 6.45) is 2.79. The maximum Gasteiger partial charge on any atom is 0.161 e. The molecule has 0 aliphatic carbocycles. The minimum Gasteiger partial charge on any atom is -0.490 e. The van der Waals surface area contributed by atoms with Crippen LogP contribution < -0.4 is 14.8 Å². The monoisotopic (exact) mass is 286 g/mol. The van der Waals surface area contributed by atoms with Crippen LogP contribution >= 0.6 is 0 Å². The molecular formula is C17H22N2O2. The van der Waals surface area contributed by atoms with E-state index in [9.17, 15) is 0 Å². The number of nitrogens with one attached hydrogen (secondary N) is 1. The number of rotatable bonds is 9. The Morgan fingerprint density at radius 3 is 2.33 bits per heavy atom. The van der Waals surface area contributed by atoms with Crippen molar-refractivity contribution >= 4 is 0 Å². The van der Waals surface area contributed by atoms with Crippen molar-refractivity contribution in [3.05, 3.63) is 54.4 Å². The molecule has 0 bridgehead atoms. The SMILES string of the molecule is CCCOc1ccccc1OCCNCc1ccccn1. The van der Waals surface area contributed by atoms with Crippen LogP contribution in [-0.2, 0) is 6.54 Å². The van der Waals surface area contributed by atoms with E-state index in [1.807, 2.05) is 42.5 Å². The summed E-state index contributed by atoms with van der Waals surface area (Å²) in [5, 5.41) is 3.31. The van der Waals surface area contributed by atoms with Crippen LogP contribution in [0.4, 0.5) is 0 Å². The van der Waals surface area contributed by atoms with E-state index in [1.54, 1.807) is 6.20 Å². The van der Waals surface area contributed by atoms with Gasteiger partial charge in [-0.1, -0.05) is 25.1 Å². The summed E-state index contributed by atoms with van der Waals surface area (Å²) in [4.78, 5) is 4.26. The van der Waals surface area contributed by atoms with Crippen LogP contribution in [0.2, 0.25) is 0 Å². The zero-order valence-electron chi connectivity index (χ0n) is 12.4. The van der Waals surface area contributed by atoms with E-state index in [1.165, 1.54) is 0 Å². The highest BCUT2D eigenvalue weighted by atomic mass is 16.5. The first-order valence-electron chi connectivity index (χ1n) is 7.35. The predicted molar refractivity (Wildman–Crippen MR) is 83.7 cm³/mol. The van der Waals surface area contributed by atoms with Crippen LogP contribution in [-0.4, -0.2) is 24.7 Å². The maximum absolute atomic E-state index is 5.76. The van der Waals surface area contributed by atoms with Crippen LogP contribution in [0, 0.1) is 0 Å². The van der Waals surface area contributed by atoms with E-state index in [4.69, 9.17) is 9.47 Å². The van der Waals surface area contributed by atoms with Crippen molar-refractivity contribution in [2.45, 2.75) is 19.9 Å². The first-order chi connectivity index (χ1) is 10.4. The number of pyridine rings is 1. The minimum absolute atomic E-state index is 0.597. The number of para-hydroxylation sites is 2. The van der Waals surface area contributed by atoms with Gasteiger partial charge in [0.05, 0.1) is 12.3 Å². The third-order valence-electron chi connectivity index (χ3n) is 2.88. The number of nitrogens with zero attached hydrogens (tertiary/aromatic N) is 1. The van der Waals surface area contributed by atoms with Gasteiger partial charge in [0, 0.05) is 19.3 Å². The summed E-state index contributed by atoms with van der Waals surface area (Å²) in [5.41, 5.74) is 1.03. The Hall–Kier alpha value is -2.07. The van der Waals surface area contributed by atoms with Gasteiger partial charge < -0.3 is 14.8 Å². The zero-order chi connectivity index (χ0) is 14.8. The first-order valence-corrected chi connectivity index (χ1v) is 7.35. The Morgan fingerprint density at radius 2 is 1.67 bits per heavy atom. The van der Waals surface area contributed by atoms with Gasteiger partial charge in [-0.2, -0.15) is 0 Å². The molecule has 0 aliphatic heterocycles. The van der Waals surface area contributed by atoms with Gasteiger partial charge in [-0.15, -0.1) is 0 Å². The number of hydrogen-bond acceptors (Lipinski definition) is 4. The van der Waals surface area contributed by atoms with Gasteiger partial charge in [0.25, 0.3) is 0 Å². The highest BCUT2D eigenvalue weighted by Crippen LogP contribution is 2.26. The summed E-state index contributed by atoms with van der Waals surface area (Å²) in [5.74, 6) is 1.61. The average molecular weight is 286 g/mol. The lowest BCUT2D eigenvalue weighted by atomic mass is 10.3. The van der Waals surface area contributed by atoms with Crippen molar-refractivity contribution in [2.75, 3.05) is 19.8 Å². The van der Waals surface area contributed by atoms with E-state index in [0.29, 0.717) is 13.2 Å². The van der Waals surface area contributed by atoms with Gasteiger partial charge >= 0.3 is 0 Å². The van der Waals surface area contributed by atoms with Crippen LogP contribution in [0.3, 0.4) is 0 Å². The maximum atomic E-state index is 5.76. The van der Waals surface area contributed by atoms with Crippen molar-refractivity contribution in [1.82, 2.24) is 10.3 Å². The lowest BCUT2D eigenvalue weighted by molar-refractivity contribution is 0.267. The highest BCUT2D eigenvalue weighted by Gasteiger charge is 2.03. The summed E-state index contributed by atoms with van der Waals surface area (Å²) in [7, 11) is 0. The Kier molecular flexibility index (Phi) is 6.55. The van der Waals surface area contributed by atoms with Gasteiger partial charge in [-0.05, 0) is 30.7 Å². The molecule has 1 heterocycles. The lowest BCUT2D eigenvalue weighted by Crippen LogP contribution is -2.21. The van der Waals surface area contributed by atoms with Gasteiger partial charge in [0.2, 0.25) is 0 Å². The summed E-state index contributed by atoms with van der Waals surface area (Å²) < 4.78 is 11.4. The van der Waals surface area contributed by atoms with E-state index < -0.39 is 0 Å². The molecule has 0 aliphatic rings. The molecule has 2 rings (SSSR count). The molecule has 0 saturated heterocycles. The fourth-order valence-electron chi connectivity index (χ4n) is 1.85. The molecule has 4 nitrogen and oxygen atoms in total.